The number of benzene rings is 1. The lowest BCUT2D eigenvalue weighted by atomic mass is 10.1. The Morgan fingerprint density at radius 2 is 1.72 bits per heavy atom. The Kier molecular flexibility index (Phi) is 2.29. The summed E-state index contributed by atoms with van der Waals surface area (Å²) in [6, 6.07) is 8.69. The van der Waals surface area contributed by atoms with E-state index in [4.69, 9.17) is 4.55 Å². The molecule has 3 aromatic rings. The van der Waals surface area contributed by atoms with E-state index in [1.807, 2.05) is 18.2 Å². The molecule has 0 unspecified atom stereocenters. The molecule has 0 spiro atoms. The van der Waals surface area contributed by atoms with Crippen LogP contribution in [0.4, 0.5) is 0 Å². The van der Waals surface area contributed by atoms with Gasteiger partial charge >= 0.3 is 0 Å². The second kappa shape index (κ2) is 3.72. The fraction of sp³-hybridized carbons (Fsp3) is 0. The quantitative estimate of drug-likeness (QED) is 0.535. The Bertz CT molecular complexity index is 859. The highest BCUT2D eigenvalue weighted by molar-refractivity contribution is 7.85. The van der Waals surface area contributed by atoms with Gasteiger partial charge in [-0.3, -0.25) is 14.5 Å². The molecule has 1 N–H and O–H groups in total. The zero-order chi connectivity index (χ0) is 12.8. The highest BCUT2D eigenvalue weighted by Crippen LogP contribution is 2.23. The van der Waals surface area contributed by atoms with Crippen LogP contribution in [0.1, 0.15) is 0 Å². The van der Waals surface area contributed by atoms with E-state index < -0.39 is 10.1 Å². The molecule has 0 aliphatic heterocycles. The smallest absolute Gasteiger partial charge is 0.282 e. The van der Waals surface area contributed by atoms with Crippen LogP contribution < -0.4 is 0 Å². The van der Waals surface area contributed by atoms with Gasteiger partial charge in [0.1, 0.15) is 4.90 Å². The summed E-state index contributed by atoms with van der Waals surface area (Å²) < 4.78 is 31.1. The second-order valence-corrected chi connectivity index (χ2v) is 5.28. The Balaban J connectivity index is 2.42. The molecule has 1 aromatic carbocycles. The minimum atomic E-state index is -4.23. The maximum absolute atomic E-state index is 11.0. The number of fused-ring (bicyclic) bond motifs is 3. The van der Waals surface area contributed by atoms with Crippen LogP contribution in [0, 0.1) is 0 Å². The zero-order valence-electron chi connectivity index (χ0n) is 9.11. The molecule has 0 bridgehead atoms. The number of hydrogen-bond donors (Lipinski definition) is 1. The van der Waals surface area contributed by atoms with Crippen molar-refractivity contribution in [2.75, 3.05) is 0 Å². The fourth-order valence-electron chi connectivity index (χ4n) is 1.86. The molecule has 3 rings (SSSR count). The summed E-state index contributed by atoms with van der Waals surface area (Å²) in [5.41, 5.74) is 1.32. The van der Waals surface area contributed by atoms with Crippen molar-refractivity contribution in [3.05, 3.63) is 42.7 Å². The van der Waals surface area contributed by atoms with E-state index in [1.54, 1.807) is 12.3 Å². The molecule has 0 aliphatic carbocycles. The van der Waals surface area contributed by atoms with Crippen molar-refractivity contribution in [3.63, 3.8) is 0 Å². The molecule has 2 heterocycles. The zero-order valence-corrected chi connectivity index (χ0v) is 9.92. The Hall–Kier alpha value is -2.05. The van der Waals surface area contributed by atoms with Crippen LogP contribution in [0.3, 0.4) is 0 Å². The van der Waals surface area contributed by atoms with Crippen molar-refractivity contribution >= 4 is 31.9 Å². The van der Waals surface area contributed by atoms with Crippen LogP contribution in [-0.2, 0) is 10.1 Å². The Morgan fingerprint density at radius 3 is 2.50 bits per heavy atom. The van der Waals surface area contributed by atoms with Gasteiger partial charge in [-0.1, -0.05) is 18.2 Å². The number of nitrogens with zero attached hydrogens (tertiary/aromatic N) is 2. The predicted molar refractivity (Wildman–Crippen MR) is 66.9 cm³/mol. The fourth-order valence-corrected chi connectivity index (χ4v) is 2.32. The van der Waals surface area contributed by atoms with Gasteiger partial charge in [0.25, 0.3) is 10.1 Å². The maximum atomic E-state index is 11.0. The number of rotatable bonds is 1. The first-order valence-corrected chi connectivity index (χ1v) is 6.61. The van der Waals surface area contributed by atoms with E-state index in [9.17, 15) is 8.42 Å². The normalized spacial score (nSPS) is 12.1. The molecule has 0 fully saturated rings. The topological polar surface area (TPSA) is 80.2 Å². The first kappa shape index (κ1) is 11.1. The molecule has 0 amide bonds. The van der Waals surface area contributed by atoms with Crippen LogP contribution in [0.25, 0.3) is 21.8 Å². The standard InChI is InChI=1S/C12H8N2O3S/c15-18(16,17)10-6-9-4-3-8-2-1-5-13-11(8)12(9)14-7-10/h1-7H,(H,15,16,17). The van der Waals surface area contributed by atoms with Crippen LogP contribution in [-0.4, -0.2) is 22.9 Å². The summed E-state index contributed by atoms with van der Waals surface area (Å²) in [4.78, 5) is 8.08. The Morgan fingerprint density at radius 1 is 1.00 bits per heavy atom. The molecule has 0 radical (unpaired) electrons. The van der Waals surface area contributed by atoms with E-state index in [1.165, 1.54) is 6.07 Å². The summed E-state index contributed by atoms with van der Waals surface area (Å²) in [6.45, 7) is 0. The molecule has 0 atom stereocenters. The second-order valence-electron chi connectivity index (χ2n) is 3.86. The number of hydrogen-bond acceptors (Lipinski definition) is 4. The van der Waals surface area contributed by atoms with Gasteiger partial charge in [0, 0.05) is 23.2 Å². The predicted octanol–water partition coefficient (Wildman–Crippen LogP) is 2.03. The number of pyridine rings is 2. The van der Waals surface area contributed by atoms with Crippen molar-refractivity contribution in [2.24, 2.45) is 0 Å². The average molecular weight is 260 g/mol. The van der Waals surface area contributed by atoms with Gasteiger partial charge in [0.15, 0.2) is 0 Å². The van der Waals surface area contributed by atoms with Crippen molar-refractivity contribution in [1.82, 2.24) is 9.97 Å². The monoisotopic (exact) mass is 260 g/mol. The molecule has 5 nitrogen and oxygen atoms in total. The van der Waals surface area contributed by atoms with Crippen molar-refractivity contribution in [1.29, 1.82) is 0 Å². The Labute approximate surface area is 103 Å². The van der Waals surface area contributed by atoms with Gasteiger partial charge in [0.2, 0.25) is 0 Å². The van der Waals surface area contributed by atoms with Gasteiger partial charge in [-0.2, -0.15) is 8.42 Å². The van der Waals surface area contributed by atoms with E-state index in [0.717, 1.165) is 11.6 Å². The lowest BCUT2D eigenvalue weighted by Gasteiger charge is -2.03. The van der Waals surface area contributed by atoms with Gasteiger partial charge in [0.05, 0.1) is 11.0 Å². The molecule has 6 heteroatoms. The number of aromatic nitrogens is 2. The third-order valence-corrected chi connectivity index (χ3v) is 3.51. The molecular formula is C12H8N2O3S. The van der Waals surface area contributed by atoms with Gasteiger partial charge in [-0.25, -0.2) is 0 Å². The molecule has 18 heavy (non-hydrogen) atoms. The van der Waals surface area contributed by atoms with Gasteiger partial charge in [-0.15, -0.1) is 0 Å². The molecule has 2 aromatic heterocycles. The van der Waals surface area contributed by atoms with E-state index in [-0.39, 0.29) is 4.90 Å². The van der Waals surface area contributed by atoms with Crippen LogP contribution in [0.15, 0.2) is 47.6 Å². The third kappa shape index (κ3) is 1.71. The SMILES string of the molecule is O=S(=O)(O)c1cnc2c(ccc3cccnc32)c1. The summed E-state index contributed by atoms with van der Waals surface area (Å²) in [5.74, 6) is 0. The van der Waals surface area contributed by atoms with Crippen LogP contribution >= 0.6 is 0 Å². The third-order valence-electron chi connectivity index (χ3n) is 2.70. The van der Waals surface area contributed by atoms with Crippen molar-refractivity contribution in [3.8, 4) is 0 Å². The minimum Gasteiger partial charge on any atom is -0.282 e. The van der Waals surface area contributed by atoms with Crippen molar-refractivity contribution in [2.45, 2.75) is 4.90 Å². The van der Waals surface area contributed by atoms with Gasteiger partial charge < -0.3 is 0 Å². The molecule has 0 saturated carbocycles. The van der Waals surface area contributed by atoms with Gasteiger partial charge in [-0.05, 0) is 12.1 Å². The molecule has 0 aliphatic rings. The lowest BCUT2D eigenvalue weighted by molar-refractivity contribution is 0.483. The summed E-state index contributed by atoms with van der Waals surface area (Å²) in [7, 11) is -4.23. The van der Waals surface area contributed by atoms with E-state index in [0.29, 0.717) is 16.4 Å². The summed E-state index contributed by atoms with van der Waals surface area (Å²) in [5, 5.41) is 1.55. The van der Waals surface area contributed by atoms with Crippen LogP contribution in [0.5, 0.6) is 0 Å². The van der Waals surface area contributed by atoms with Crippen LogP contribution in [0.2, 0.25) is 0 Å². The first-order chi connectivity index (χ1) is 8.55. The first-order valence-electron chi connectivity index (χ1n) is 5.17. The molecular weight excluding hydrogens is 252 g/mol. The summed E-state index contributed by atoms with van der Waals surface area (Å²) >= 11 is 0. The average Bonchev–Trinajstić information content (AvgIpc) is 2.37. The minimum absolute atomic E-state index is 0.217. The molecule has 0 saturated heterocycles. The highest BCUT2D eigenvalue weighted by atomic mass is 32.2. The lowest BCUT2D eigenvalue weighted by Crippen LogP contribution is -1.99. The largest absolute Gasteiger partial charge is 0.296 e. The van der Waals surface area contributed by atoms with E-state index >= 15 is 0 Å². The highest BCUT2D eigenvalue weighted by Gasteiger charge is 2.12. The molecule has 90 valence electrons. The van der Waals surface area contributed by atoms with E-state index in [2.05, 4.69) is 9.97 Å². The maximum Gasteiger partial charge on any atom is 0.296 e. The summed E-state index contributed by atoms with van der Waals surface area (Å²) in [6.07, 6.45) is 2.78. The van der Waals surface area contributed by atoms with Crippen molar-refractivity contribution < 1.29 is 13.0 Å².